The topological polar surface area (TPSA) is 94.4 Å². The molecule has 0 atom stereocenters. The van der Waals surface area contributed by atoms with E-state index in [0.29, 0.717) is 15.1 Å². The third-order valence-electron chi connectivity index (χ3n) is 2.25. The second-order valence-electron chi connectivity index (χ2n) is 3.61. The van der Waals surface area contributed by atoms with Crippen LogP contribution in [0.3, 0.4) is 0 Å². The van der Waals surface area contributed by atoms with Crippen molar-refractivity contribution in [2.45, 2.75) is 0 Å². The number of hydrogen-bond donors (Lipinski definition) is 1. The van der Waals surface area contributed by atoms with Crippen LogP contribution in [-0.2, 0) is 0 Å². The molecule has 1 N–H and O–H groups in total. The molecule has 2 aromatic rings. The Bertz CT molecular complexity index is 645. The van der Waals surface area contributed by atoms with Crippen LogP contribution in [-0.4, -0.2) is 16.0 Å². The Morgan fingerprint density at radius 3 is 2.60 bits per heavy atom. The normalized spacial score (nSPS) is 9.85. The van der Waals surface area contributed by atoms with Crippen LogP contribution in [0.5, 0.6) is 5.75 Å². The lowest BCUT2D eigenvalue weighted by atomic mass is 10.3. The Kier molecular flexibility index (Phi) is 4.45. The number of pyridine rings is 1. The number of halogens is 1. The number of rotatable bonds is 3. The van der Waals surface area contributed by atoms with Crippen LogP contribution in [0.25, 0.3) is 0 Å². The molecule has 0 fully saturated rings. The Labute approximate surface area is 127 Å². The Morgan fingerprint density at radius 2 is 2.00 bits per heavy atom. The number of aromatic nitrogens is 1. The van der Waals surface area contributed by atoms with Crippen molar-refractivity contribution in [1.29, 1.82) is 0 Å². The second kappa shape index (κ2) is 6.28. The molecular weight excluding hydrogens is 377 g/mol. The fourth-order valence-corrected chi connectivity index (χ4v) is 1.81. The van der Waals surface area contributed by atoms with E-state index < -0.39 is 11.0 Å². The van der Waals surface area contributed by atoms with Gasteiger partial charge in [-0.05, 0) is 46.9 Å². The summed E-state index contributed by atoms with van der Waals surface area (Å²) >= 11 is 1.95. The fourth-order valence-electron chi connectivity index (χ4n) is 1.36. The molecule has 0 saturated carbocycles. The zero-order valence-electron chi connectivity index (χ0n) is 9.95. The number of nitrogens with one attached hydrogen (secondary N) is 1. The van der Waals surface area contributed by atoms with Gasteiger partial charge in [-0.1, -0.05) is 0 Å². The van der Waals surface area contributed by atoms with Gasteiger partial charge in [0.15, 0.2) is 5.75 Å². The first-order valence-electron chi connectivity index (χ1n) is 5.40. The molecule has 7 nitrogen and oxygen atoms in total. The second-order valence-corrected chi connectivity index (χ2v) is 4.63. The molecule has 0 aliphatic carbocycles. The predicted octanol–water partition coefficient (Wildman–Crippen LogP) is 3.21. The van der Waals surface area contributed by atoms with Crippen molar-refractivity contribution >= 4 is 40.1 Å². The number of nitro groups is 1. The summed E-state index contributed by atoms with van der Waals surface area (Å²) in [6, 6.07) is 8.70. The van der Waals surface area contributed by atoms with E-state index in [1.54, 1.807) is 18.3 Å². The minimum atomic E-state index is -0.690. The maximum Gasteiger partial charge on any atom is 0.417 e. The number of nitrogens with zero attached hydrogens (tertiary/aromatic N) is 2. The molecule has 8 heteroatoms. The molecule has 20 heavy (non-hydrogen) atoms. The van der Waals surface area contributed by atoms with E-state index in [-0.39, 0.29) is 5.69 Å². The van der Waals surface area contributed by atoms with E-state index in [1.165, 1.54) is 24.3 Å². The van der Waals surface area contributed by atoms with Crippen molar-refractivity contribution in [3.63, 3.8) is 0 Å². The molecule has 2 rings (SSSR count). The molecular formula is C12H8IN3O4. The van der Waals surface area contributed by atoms with E-state index in [1.807, 2.05) is 22.6 Å². The van der Waals surface area contributed by atoms with Crippen molar-refractivity contribution in [2.75, 3.05) is 5.32 Å². The molecule has 1 aromatic heterocycles. The van der Waals surface area contributed by atoms with Gasteiger partial charge in [0.05, 0.1) is 4.92 Å². The zero-order chi connectivity index (χ0) is 14.5. The van der Waals surface area contributed by atoms with Gasteiger partial charge in [0.25, 0.3) is 5.69 Å². The molecule has 0 radical (unpaired) electrons. The largest absolute Gasteiger partial charge is 0.417 e. The predicted molar refractivity (Wildman–Crippen MR) is 79.7 cm³/mol. The van der Waals surface area contributed by atoms with E-state index in [4.69, 9.17) is 4.74 Å². The molecule has 1 amide bonds. The number of hydrogen-bond acceptors (Lipinski definition) is 5. The summed E-state index contributed by atoms with van der Waals surface area (Å²) in [5.41, 5.74) is 0.352. The van der Waals surface area contributed by atoms with Crippen LogP contribution >= 0.6 is 22.6 Å². The number of ether oxygens (including phenoxy) is 1. The van der Waals surface area contributed by atoms with Crippen molar-refractivity contribution in [3.8, 4) is 5.75 Å². The minimum Gasteiger partial charge on any atom is -0.407 e. The third-order valence-corrected chi connectivity index (χ3v) is 3.06. The number of benzene rings is 1. The first-order chi connectivity index (χ1) is 9.56. The van der Waals surface area contributed by atoms with Crippen molar-refractivity contribution in [2.24, 2.45) is 0 Å². The summed E-state index contributed by atoms with van der Waals surface area (Å²) in [5, 5.41) is 13.0. The van der Waals surface area contributed by atoms with Gasteiger partial charge >= 0.3 is 6.09 Å². The maximum atomic E-state index is 11.7. The number of nitro benzene ring substituents is 1. The van der Waals surface area contributed by atoms with Crippen molar-refractivity contribution in [3.05, 3.63) is 56.4 Å². The Balaban J connectivity index is 2.01. The molecule has 0 spiro atoms. The number of amides is 1. The SMILES string of the molecule is O=C(Nc1ccc([N+](=O)[O-])cc1)Oc1cccnc1I. The van der Waals surface area contributed by atoms with Crippen LogP contribution in [0.4, 0.5) is 16.2 Å². The van der Waals surface area contributed by atoms with Crippen LogP contribution < -0.4 is 10.1 Å². The van der Waals surface area contributed by atoms with Crippen LogP contribution in [0, 0.1) is 13.8 Å². The first-order valence-corrected chi connectivity index (χ1v) is 6.48. The quantitative estimate of drug-likeness (QED) is 0.379. The summed E-state index contributed by atoms with van der Waals surface area (Å²) in [6.07, 6.45) is 0.896. The lowest BCUT2D eigenvalue weighted by molar-refractivity contribution is -0.384. The lowest BCUT2D eigenvalue weighted by Gasteiger charge is -2.07. The van der Waals surface area contributed by atoms with Crippen LogP contribution in [0.2, 0.25) is 0 Å². The molecule has 102 valence electrons. The Hall–Kier alpha value is -2.23. The number of carbonyl (C=O) groups is 1. The van der Waals surface area contributed by atoms with Gasteiger partial charge in [0.2, 0.25) is 0 Å². The minimum absolute atomic E-state index is 0.0503. The third kappa shape index (κ3) is 3.63. The highest BCUT2D eigenvalue weighted by atomic mass is 127. The Morgan fingerprint density at radius 1 is 1.30 bits per heavy atom. The van der Waals surface area contributed by atoms with E-state index >= 15 is 0 Å². The average Bonchev–Trinajstić information content (AvgIpc) is 2.42. The van der Waals surface area contributed by atoms with Gasteiger partial charge in [-0.15, -0.1) is 0 Å². The monoisotopic (exact) mass is 385 g/mol. The summed E-state index contributed by atoms with van der Waals surface area (Å²) in [7, 11) is 0. The molecule has 1 heterocycles. The highest BCUT2D eigenvalue weighted by Crippen LogP contribution is 2.19. The molecule has 1 aromatic carbocycles. The van der Waals surface area contributed by atoms with Gasteiger partial charge in [-0.3, -0.25) is 15.4 Å². The van der Waals surface area contributed by atoms with Gasteiger partial charge in [-0.25, -0.2) is 9.78 Å². The molecule has 0 saturated heterocycles. The van der Waals surface area contributed by atoms with E-state index in [9.17, 15) is 14.9 Å². The fraction of sp³-hybridized carbons (Fsp3) is 0. The first kappa shape index (κ1) is 14.2. The highest BCUT2D eigenvalue weighted by molar-refractivity contribution is 14.1. The summed E-state index contributed by atoms with van der Waals surface area (Å²) < 4.78 is 5.63. The van der Waals surface area contributed by atoms with Gasteiger partial charge in [-0.2, -0.15) is 0 Å². The molecule has 0 aliphatic rings. The summed E-state index contributed by atoms with van der Waals surface area (Å²) in [5.74, 6) is 0.340. The molecule has 0 unspecified atom stereocenters. The van der Waals surface area contributed by atoms with Crippen LogP contribution in [0.15, 0.2) is 42.6 Å². The van der Waals surface area contributed by atoms with Crippen LogP contribution in [0.1, 0.15) is 0 Å². The molecule has 0 aliphatic heterocycles. The summed E-state index contributed by atoms with van der Waals surface area (Å²) in [4.78, 5) is 25.6. The van der Waals surface area contributed by atoms with E-state index in [0.717, 1.165) is 0 Å². The van der Waals surface area contributed by atoms with Gasteiger partial charge in [0.1, 0.15) is 3.70 Å². The average molecular weight is 385 g/mol. The van der Waals surface area contributed by atoms with Crippen molar-refractivity contribution in [1.82, 2.24) is 4.98 Å². The lowest BCUT2D eigenvalue weighted by Crippen LogP contribution is -2.17. The molecule has 0 bridgehead atoms. The number of carbonyl (C=O) groups excluding carboxylic acids is 1. The smallest absolute Gasteiger partial charge is 0.407 e. The van der Waals surface area contributed by atoms with Gasteiger partial charge < -0.3 is 4.74 Å². The number of anilines is 1. The van der Waals surface area contributed by atoms with E-state index in [2.05, 4.69) is 10.3 Å². The zero-order valence-corrected chi connectivity index (χ0v) is 12.1. The van der Waals surface area contributed by atoms with Crippen molar-refractivity contribution < 1.29 is 14.5 Å². The maximum absolute atomic E-state index is 11.7. The van der Waals surface area contributed by atoms with Gasteiger partial charge in [0, 0.05) is 24.0 Å². The highest BCUT2D eigenvalue weighted by Gasteiger charge is 2.10. The number of non-ortho nitro benzene ring substituents is 1. The summed E-state index contributed by atoms with van der Waals surface area (Å²) in [6.45, 7) is 0. The standard InChI is InChI=1S/C12H8IN3O4/c13-11-10(2-1-7-14-11)20-12(17)15-8-3-5-9(6-4-8)16(18)19/h1-7H,(H,15,17).